The van der Waals surface area contributed by atoms with E-state index in [4.69, 9.17) is 5.26 Å². The Kier molecular flexibility index (Phi) is 3.93. The highest BCUT2D eigenvalue weighted by Gasteiger charge is 2.17. The second-order valence-electron chi connectivity index (χ2n) is 3.92. The molecule has 2 nitrogen and oxygen atoms in total. The number of benzene rings is 2. The van der Waals surface area contributed by atoms with Crippen molar-refractivity contribution in [2.24, 2.45) is 0 Å². The zero-order valence-electron chi connectivity index (χ0n) is 9.57. The van der Waals surface area contributed by atoms with E-state index >= 15 is 0 Å². The van der Waals surface area contributed by atoms with Crippen molar-refractivity contribution in [3.8, 4) is 6.07 Å². The van der Waals surface area contributed by atoms with Crippen LogP contribution in [0.15, 0.2) is 40.9 Å². The summed E-state index contributed by atoms with van der Waals surface area (Å²) in [6.07, 6.45) is -1.14. The molecule has 1 N–H and O–H groups in total. The first-order valence-corrected chi connectivity index (χ1v) is 6.15. The minimum absolute atomic E-state index is 0.173. The van der Waals surface area contributed by atoms with Crippen molar-refractivity contribution >= 4 is 15.9 Å². The molecular weight excluding hydrogens is 316 g/mol. The molecule has 0 aliphatic heterocycles. The first kappa shape index (κ1) is 13.7. The lowest BCUT2D eigenvalue weighted by Gasteiger charge is -2.14. The van der Waals surface area contributed by atoms with Crippen molar-refractivity contribution in [1.82, 2.24) is 0 Å². The van der Waals surface area contributed by atoms with E-state index in [1.54, 1.807) is 12.1 Å². The fourth-order valence-electron chi connectivity index (χ4n) is 1.72. The lowest BCUT2D eigenvalue weighted by atomic mass is 9.99. The first-order valence-electron chi connectivity index (χ1n) is 5.35. The second kappa shape index (κ2) is 5.47. The van der Waals surface area contributed by atoms with Gasteiger partial charge in [-0.05, 0) is 29.8 Å². The van der Waals surface area contributed by atoms with Gasteiger partial charge in [0, 0.05) is 10.0 Å². The quantitative estimate of drug-likeness (QED) is 0.916. The van der Waals surface area contributed by atoms with Gasteiger partial charge in [-0.1, -0.05) is 28.1 Å². The maximum absolute atomic E-state index is 13.4. The minimum Gasteiger partial charge on any atom is -0.384 e. The van der Waals surface area contributed by atoms with Gasteiger partial charge >= 0.3 is 0 Å². The standard InChI is InChI=1S/C14H8BrF2NO/c15-12-6-13(17)9(7-18)5-11(12)14(19)8-2-1-3-10(16)4-8/h1-6,14,19H. The van der Waals surface area contributed by atoms with Crippen LogP contribution in [0.25, 0.3) is 0 Å². The Bertz CT molecular complexity index is 667. The minimum atomic E-state index is -1.14. The largest absolute Gasteiger partial charge is 0.384 e. The van der Waals surface area contributed by atoms with Gasteiger partial charge in [0.2, 0.25) is 0 Å². The molecule has 0 bridgehead atoms. The van der Waals surface area contributed by atoms with Gasteiger partial charge in [0.15, 0.2) is 0 Å². The Morgan fingerprint density at radius 3 is 2.58 bits per heavy atom. The summed E-state index contributed by atoms with van der Waals surface area (Å²) in [7, 11) is 0. The normalized spacial score (nSPS) is 11.9. The van der Waals surface area contributed by atoms with Crippen molar-refractivity contribution < 1.29 is 13.9 Å². The van der Waals surface area contributed by atoms with Crippen LogP contribution in [0.3, 0.4) is 0 Å². The van der Waals surface area contributed by atoms with Crippen LogP contribution in [0.1, 0.15) is 22.8 Å². The molecule has 0 heterocycles. The molecule has 2 aromatic carbocycles. The van der Waals surface area contributed by atoms with Crippen LogP contribution in [0, 0.1) is 23.0 Å². The zero-order chi connectivity index (χ0) is 14.0. The molecule has 0 saturated heterocycles. The fourth-order valence-corrected chi connectivity index (χ4v) is 2.25. The monoisotopic (exact) mass is 323 g/mol. The molecule has 0 amide bonds. The third-order valence-electron chi connectivity index (χ3n) is 2.67. The Hall–Kier alpha value is -1.77. The van der Waals surface area contributed by atoms with Crippen LogP contribution in [-0.4, -0.2) is 5.11 Å². The van der Waals surface area contributed by atoms with E-state index in [-0.39, 0.29) is 5.56 Å². The number of halogens is 3. The van der Waals surface area contributed by atoms with E-state index in [0.29, 0.717) is 15.6 Å². The number of nitriles is 1. The number of aliphatic hydroxyl groups is 1. The maximum Gasteiger partial charge on any atom is 0.142 e. The summed E-state index contributed by atoms with van der Waals surface area (Å²) in [5, 5.41) is 19.0. The lowest BCUT2D eigenvalue weighted by molar-refractivity contribution is 0.219. The highest BCUT2D eigenvalue weighted by molar-refractivity contribution is 9.10. The van der Waals surface area contributed by atoms with Gasteiger partial charge in [0.05, 0.1) is 5.56 Å². The van der Waals surface area contributed by atoms with Gasteiger partial charge in [-0.3, -0.25) is 0 Å². The van der Waals surface area contributed by atoms with Gasteiger partial charge in [0.25, 0.3) is 0 Å². The predicted molar refractivity (Wildman–Crippen MR) is 69.3 cm³/mol. The summed E-state index contributed by atoms with van der Waals surface area (Å²) >= 11 is 3.12. The summed E-state index contributed by atoms with van der Waals surface area (Å²) in [4.78, 5) is 0. The lowest BCUT2D eigenvalue weighted by Crippen LogP contribution is -2.03. The van der Waals surface area contributed by atoms with E-state index in [1.165, 1.54) is 24.3 Å². The third-order valence-corrected chi connectivity index (χ3v) is 3.35. The summed E-state index contributed by atoms with van der Waals surface area (Å²) in [6, 6.07) is 9.52. The van der Waals surface area contributed by atoms with Crippen molar-refractivity contribution in [2.75, 3.05) is 0 Å². The number of hydrogen-bond donors (Lipinski definition) is 1. The molecule has 96 valence electrons. The Morgan fingerprint density at radius 2 is 1.95 bits per heavy atom. The highest BCUT2D eigenvalue weighted by Crippen LogP contribution is 2.30. The van der Waals surface area contributed by atoms with Crippen LogP contribution in [0.5, 0.6) is 0 Å². The Labute approximate surface area is 117 Å². The SMILES string of the molecule is N#Cc1cc(C(O)c2cccc(F)c2)c(Br)cc1F. The zero-order valence-corrected chi connectivity index (χ0v) is 11.2. The Balaban J connectivity index is 2.50. The van der Waals surface area contributed by atoms with Crippen molar-refractivity contribution in [1.29, 1.82) is 5.26 Å². The summed E-state index contributed by atoms with van der Waals surface area (Å²) < 4.78 is 26.8. The van der Waals surface area contributed by atoms with Crippen LogP contribution in [-0.2, 0) is 0 Å². The van der Waals surface area contributed by atoms with Crippen LogP contribution < -0.4 is 0 Å². The molecule has 19 heavy (non-hydrogen) atoms. The predicted octanol–water partition coefficient (Wildman–Crippen LogP) is 3.68. The van der Waals surface area contributed by atoms with Gasteiger partial charge in [-0.2, -0.15) is 5.26 Å². The fraction of sp³-hybridized carbons (Fsp3) is 0.0714. The van der Waals surface area contributed by atoms with Crippen LogP contribution in [0.4, 0.5) is 8.78 Å². The highest BCUT2D eigenvalue weighted by atomic mass is 79.9. The molecule has 0 spiro atoms. The molecule has 0 aromatic heterocycles. The molecule has 0 fully saturated rings. The number of aliphatic hydroxyl groups excluding tert-OH is 1. The average molecular weight is 324 g/mol. The number of rotatable bonds is 2. The molecule has 1 unspecified atom stereocenters. The van der Waals surface area contributed by atoms with Crippen LogP contribution in [0.2, 0.25) is 0 Å². The van der Waals surface area contributed by atoms with Crippen molar-refractivity contribution in [2.45, 2.75) is 6.10 Å². The van der Waals surface area contributed by atoms with E-state index in [1.807, 2.05) is 0 Å². The van der Waals surface area contributed by atoms with Crippen molar-refractivity contribution in [3.63, 3.8) is 0 Å². The third kappa shape index (κ3) is 2.80. The van der Waals surface area contributed by atoms with Gasteiger partial charge in [-0.25, -0.2) is 8.78 Å². The average Bonchev–Trinajstić information content (AvgIpc) is 2.38. The van der Waals surface area contributed by atoms with Crippen molar-refractivity contribution in [3.05, 3.63) is 69.2 Å². The second-order valence-corrected chi connectivity index (χ2v) is 4.78. The summed E-state index contributed by atoms with van der Waals surface area (Å²) in [6.45, 7) is 0. The Morgan fingerprint density at radius 1 is 1.21 bits per heavy atom. The summed E-state index contributed by atoms with van der Waals surface area (Å²) in [5.74, 6) is -1.15. The topological polar surface area (TPSA) is 44.0 Å². The molecule has 0 aliphatic carbocycles. The summed E-state index contributed by atoms with van der Waals surface area (Å²) in [5.41, 5.74) is 0.466. The van der Waals surface area contributed by atoms with E-state index in [9.17, 15) is 13.9 Å². The van der Waals surface area contributed by atoms with E-state index < -0.39 is 17.7 Å². The molecule has 0 radical (unpaired) electrons. The molecular formula is C14H8BrF2NO. The van der Waals surface area contributed by atoms with E-state index in [0.717, 1.165) is 6.07 Å². The first-order chi connectivity index (χ1) is 9.02. The molecule has 0 saturated carbocycles. The van der Waals surface area contributed by atoms with Gasteiger partial charge in [-0.15, -0.1) is 0 Å². The number of nitrogens with zero attached hydrogens (tertiary/aromatic N) is 1. The smallest absolute Gasteiger partial charge is 0.142 e. The van der Waals surface area contributed by atoms with Gasteiger partial charge < -0.3 is 5.11 Å². The van der Waals surface area contributed by atoms with Gasteiger partial charge in [0.1, 0.15) is 23.8 Å². The van der Waals surface area contributed by atoms with E-state index in [2.05, 4.69) is 15.9 Å². The molecule has 5 heteroatoms. The molecule has 2 rings (SSSR count). The molecule has 2 aromatic rings. The molecule has 0 aliphatic rings. The number of hydrogen-bond acceptors (Lipinski definition) is 2. The molecule has 1 atom stereocenters. The maximum atomic E-state index is 13.4. The van der Waals surface area contributed by atoms with Crippen LogP contribution >= 0.6 is 15.9 Å².